The van der Waals surface area contributed by atoms with Crippen LogP contribution in [0.5, 0.6) is 5.88 Å². The zero-order valence-electron chi connectivity index (χ0n) is 13.2. The van der Waals surface area contributed by atoms with Crippen molar-refractivity contribution in [1.29, 1.82) is 0 Å². The minimum Gasteiger partial charge on any atom is -0.481 e. The Morgan fingerprint density at radius 2 is 1.88 bits per heavy atom. The zero-order chi connectivity index (χ0) is 18.6. The summed E-state index contributed by atoms with van der Waals surface area (Å²) in [5.74, 6) is -1.94. The zero-order valence-corrected chi connectivity index (χ0v) is 14.7. The normalized spacial score (nSPS) is 10.1. The minimum absolute atomic E-state index is 0.0467. The number of benzene rings is 1. The third kappa shape index (κ3) is 4.06. The molecule has 10 heteroatoms. The molecule has 0 saturated heterocycles. The SMILES string of the molecule is CCc1c(OC)nc(C(=O)N=[N+]=[N-])nc1C(=O)c1cc(Cl)cc(Cl)c1. The molecule has 0 N–H and O–H groups in total. The monoisotopic (exact) mass is 379 g/mol. The molecule has 0 unspecified atom stereocenters. The molecule has 0 aliphatic rings. The lowest BCUT2D eigenvalue weighted by Crippen LogP contribution is -2.15. The molecule has 0 aliphatic carbocycles. The Balaban J connectivity index is 2.68. The molecule has 0 fully saturated rings. The van der Waals surface area contributed by atoms with Gasteiger partial charge in [-0.3, -0.25) is 9.59 Å². The summed E-state index contributed by atoms with van der Waals surface area (Å²) < 4.78 is 5.14. The van der Waals surface area contributed by atoms with Crippen LogP contribution in [0.25, 0.3) is 10.4 Å². The van der Waals surface area contributed by atoms with Gasteiger partial charge >= 0.3 is 0 Å². The molecule has 0 radical (unpaired) electrons. The van der Waals surface area contributed by atoms with E-state index in [4.69, 9.17) is 33.5 Å². The molecule has 0 aliphatic heterocycles. The van der Waals surface area contributed by atoms with Crippen molar-refractivity contribution in [2.75, 3.05) is 7.11 Å². The number of hydrogen-bond acceptors (Lipinski definition) is 5. The van der Waals surface area contributed by atoms with Gasteiger partial charge in [-0.05, 0) is 35.3 Å². The van der Waals surface area contributed by atoms with Gasteiger partial charge in [0, 0.05) is 26.1 Å². The van der Waals surface area contributed by atoms with Crippen LogP contribution >= 0.6 is 23.2 Å². The highest BCUT2D eigenvalue weighted by Crippen LogP contribution is 2.25. The van der Waals surface area contributed by atoms with Crippen LogP contribution in [0.2, 0.25) is 10.0 Å². The standard InChI is InChI=1S/C15H11Cl2N5O3/c1-3-10-11(12(23)7-4-8(16)6-9(17)5-7)19-13(14(24)21-22-18)20-15(10)25-2/h4-6H,3H2,1-2H3. The summed E-state index contributed by atoms with van der Waals surface area (Å²) in [4.78, 5) is 34.9. The molecule has 0 saturated carbocycles. The number of ketones is 1. The van der Waals surface area contributed by atoms with E-state index in [1.807, 2.05) is 0 Å². The van der Waals surface area contributed by atoms with Gasteiger partial charge < -0.3 is 4.74 Å². The maximum absolute atomic E-state index is 12.9. The van der Waals surface area contributed by atoms with E-state index >= 15 is 0 Å². The van der Waals surface area contributed by atoms with E-state index in [0.717, 1.165) is 0 Å². The minimum atomic E-state index is -1.03. The van der Waals surface area contributed by atoms with Gasteiger partial charge in [-0.25, -0.2) is 4.98 Å². The Kier molecular flexibility index (Phi) is 5.93. The molecule has 128 valence electrons. The number of aromatic nitrogens is 2. The maximum atomic E-state index is 12.9. The smallest absolute Gasteiger partial charge is 0.286 e. The summed E-state index contributed by atoms with van der Waals surface area (Å²) in [5, 5.41) is 3.49. The molecule has 8 nitrogen and oxygen atoms in total. The van der Waals surface area contributed by atoms with E-state index in [1.165, 1.54) is 25.3 Å². The average Bonchev–Trinajstić information content (AvgIpc) is 2.59. The molecule has 1 amide bonds. The van der Waals surface area contributed by atoms with E-state index in [-0.39, 0.29) is 27.2 Å². The summed E-state index contributed by atoms with van der Waals surface area (Å²) >= 11 is 11.9. The third-order valence-electron chi connectivity index (χ3n) is 3.18. The van der Waals surface area contributed by atoms with Crippen molar-refractivity contribution in [3.8, 4) is 5.88 Å². The first-order valence-electron chi connectivity index (χ1n) is 6.96. The van der Waals surface area contributed by atoms with E-state index in [9.17, 15) is 9.59 Å². The van der Waals surface area contributed by atoms with Crippen LogP contribution in [0, 0.1) is 0 Å². The van der Waals surface area contributed by atoms with Gasteiger partial charge in [0.25, 0.3) is 5.91 Å². The second-order valence-electron chi connectivity index (χ2n) is 4.72. The highest BCUT2D eigenvalue weighted by Gasteiger charge is 2.23. The number of nitrogens with zero attached hydrogens (tertiary/aromatic N) is 5. The van der Waals surface area contributed by atoms with Crippen molar-refractivity contribution in [1.82, 2.24) is 9.97 Å². The lowest BCUT2D eigenvalue weighted by atomic mass is 10.0. The highest BCUT2D eigenvalue weighted by atomic mass is 35.5. The number of ether oxygens (including phenoxy) is 1. The van der Waals surface area contributed by atoms with Crippen molar-refractivity contribution >= 4 is 34.9 Å². The summed E-state index contributed by atoms with van der Waals surface area (Å²) in [5.41, 5.74) is 8.94. The summed E-state index contributed by atoms with van der Waals surface area (Å²) in [7, 11) is 1.34. The topological polar surface area (TPSA) is 118 Å². The molecule has 1 aromatic carbocycles. The molecule has 2 aromatic rings. The molecule has 1 heterocycles. The second kappa shape index (κ2) is 7.94. The van der Waals surface area contributed by atoms with Crippen LogP contribution in [0.4, 0.5) is 0 Å². The van der Waals surface area contributed by atoms with Gasteiger partial charge in [-0.2, -0.15) is 4.98 Å². The number of halogens is 2. The lowest BCUT2D eigenvalue weighted by Gasteiger charge is -2.12. The van der Waals surface area contributed by atoms with E-state index in [2.05, 4.69) is 20.0 Å². The molecule has 1 aromatic heterocycles. The first-order chi connectivity index (χ1) is 11.9. The fourth-order valence-corrected chi connectivity index (χ4v) is 2.67. The Hall–Kier alpha value is -2.67. The van der Waals surface area contributed by atoms with E-state index in [0.29, 0.717) is 12.0 Å². The number of carbonyl (C=O) groups excluding carboxylic acids is 2. The van der Waals surface area contributed by atoms with E-state index < -0.39 is 17.5 Å². The van der Waals surface area contributed by atoms with Crippen LogP contribution in [0.15, 0.2) is 23.3 Å². The second-order valence-corrected chi connectivity index (χ2v) is 5.59. The van der Waals surface area contributed by atoms with Gasteiger partial charge in [0.05, 0.1) is 7.11 Å². The predicted molar refractivity (Wildman–Crippen MR) is 91.3 cm³/mol. The molecular weight excluding hydrogens is 369 g/mol. The van der Waals surface area contributed by atoms with Crippen LogP contribution in [0.3, 0.4) is 0 Å². The third-order valence-corrected chi connectivity index (χ3v) is 3.62. The fourth-order valence-electron chi connectivity index (χ4n) is 2.14. The van der Waals surface area contributed by atoms with Crippen molar-refractivity contribution in [2.24, 2.45) is 5.11 Å². The Bertz CT molecular complexity index is 890. The van der Waals surface area contributed by atoms with Crippen LogP contribution < -0.4 is 4.74 Å². The Labute approximate surface area is 152 Å². The number of methoxy groups -OCH3 is 1. The number of amides is 1. The van der Waals surface area contributed by atoms with Crippen molar-refractivity contribution in [3.05, 3.63) is 61.3 Å². The first kappa shape index (κ1) is 18.7. The Morgan fingerprint density at radius 3 is 2.40 bits per heavy atom. The number of rotatable bonds is 5. The van der Waals surface area contributed by atoms with Crippen LogP contribution in [-0.2, 0) is 6.42 Å². The highest BCUT2D eigenvalue weighted by molar-refractivity contribution is 6.35. The summed E-state index contributed by atoms with van der Waals surface area (Å²) in [6.07, 6.45) is 0.370. The first-order valence-corrected chi connectivity index (χ1v) is 7.72. The van der Waals surface area contributed by atoms with Gasteiger partial charge in [0.15, 0.2) is 0 Å². The quantitative estimate of drug-likeness (QED) is 0.336. The van der Waals surface area contributed by atoms with Gasteiger partial charge in [-0.15, -0.1) is 0 Å². The van der Waals surface area contributed by atoms with E-state index in [1.54, 1.807) is 6.92 Å². The molecule has 25 heavy (non-hydrogen) atoms. The maximum Gasteiger partial charge on any atom is 0.286 e. The molecule has 0 atom stereocenters. The van der Waals surface area contributed by atoms with Gasteiger partial charge in [0.1, 0.15) is 5.69 Å². The average molecular weight is 380 g/mol. The lowest BCUT2D eigenvalue weighted by molar-refractivity contribution is 0.0988. The van der Waals surface area contributed by atoms with Gasteiger partial charge in [0.2, 0.25) is 17.5 Å². The van der Waals surface area contributed by atoms with Crippen LogP contribution in [0.1, 0.15) is 39.2 Å². The number of carbonyl (C=O) groups is 2. The summed E-state index contributed by atoms with van der Waals surface area (Å²) in [6.45, 7) is 1.78. The molecular formula is C15H11Cl2N5O3. The molecule has 0 bridgehead atoms. The van der Waals surface area contributed by atoms with Gasteiger partial charge in [-0.1, -0.05) is 30.1 Å². The van der Waals surface area contributed by atoms with Crippen molar-refractivity contribution in [2.45, 2.75) is 13.3 Å². The molecule has 2 rings (SSSR count). The molecule has 0 spiro atoms. The fraction of sp³-hybridized carbons (Fsp3) is 0.200. The number of azide groups is 1. The van der Waals surface area contributed by atoms with Crippen LogP contribution in [-0.4, -0.2) is 28.8 Å². The number of hydrogen-bond donors (Lipinski definition) is 0. The largest absolute Gasteiger partial charge is 0.481 e. The van der Waals surface area contributed by atoms with Crippen molar-refractivity contribution in [3.63, 3.8) is 0 Å². The van der Waals surface area contributed by atoms with Crippen molar-refractivity contribution < 1.29 is 14.3 Å². The summed E-state index contributed by atoms with van der Waals surface area (Å²) in [6, 6.07) is 4.34. The Morgan fingerprint density at radius 1 is 1.24 bits per heavy atom. The predicted octanol–water partition coefficient (Wildman–Crippen LogP) is 4.04.